The van der Waals surface area contributed by atoms with E-state index in [9.17, 15) is 4.79 Å². The molecule has 0 radical (unpaired) electrons. The summed E-state index contributed by atoms with van der Waals surface area (Å²) in [6.07, 6.45) is 6.00. The fourth-order valence-corrected chi connectivity index (χ4v) is 2.14. The summed E-state index contributed by atoms with van der Waals surface area (Å²) >= 11 is 0. The van der Waals surface area contributed by atoms with E-state index >= 15 is 0 Å². The molecule has 1 heterocycles. The van der Waals surface area contributed by atoms with Gasteiger partial charge < -0.3 is 14.9 Å². The first-order chi connectivity index (χ1) is 7.72. The highest BCUT2D eigenvalue weighted by Gasteiger charge is 2.24. The van der Waals surface area contributed by atoms with Gasteiger partial charge in [0.05, 0.1) is 11.3 Å². The van der Waals surface area contributed by atoms with Crippen molar-refractivity contribution in [1.82, 2.24) is 4.90 Å². The standard InChI is InChI=1S/C11H14BNO3/c14-8-9-3-4-10(12(15)16)7-11(9)13-5-1-2-6-13/h4,7,15-16H,1-3,5-6H2. The van der Waals surface area contributed by atoms with Crippen LogP contribution >= 0.6 is 0 Å². The molecule has 0 atom stereocenters. The van der Waals surface area contributed by atoms with Gasteiger partial charge >= 0.3 is 7.12 Å². The number of hydrogen-bond acceptors (Lipinski definition) is 4. The Hall–Kier alpha value is -1.29. The minimum atomic E-state index is -1.47. The van der Waals surface area contributed by atoms with Crippen LogP contribution in [0.4, 0.5) is 0 Å². The van der Waals surface area contributed by atoms with Crippen LogP contribution in [-0.2, 0) is 4.79 Å². The second kappa shape index (κ2) is 4.70. The molecule has 0 bridgehead atoms. The van der Waals surface area contributed by atoms with Gasteiger partial charge in [-0.05, 0) is 24.4 Å². The van der Waals surface area contributed by atoms with E-state index in [1.807, 2.05) is 5.94 Å². The predicted molar refractivity (Wildman–Crippen MR) is 61.0 cm³/mol. The van der Waals surface area contributed by atoms with Crippen LogP contribution in [-0.4, -0.2) is 41.1 Å². The molecular weight excluding hydrogens is 205 g/mol. The third-order valence-electron chi connectivity index (χ3n) is 3.02. The summed E-state index contributed by atoms with van der Waals surface area (Å²) in [6.45, 7) is 1.84. The molecule has 2 aliphatic rings. The SMILES string of the molecule is O=C=C1CC=C(B(O)O)C=C1N1CCCC1. The van der Waals surface area contributed by atoms with Crippen molar-refractivity contribution in [2.75, 3.05) is 13.1 Å². The molecular formula is C11H14BNO3. The molecule has 84 valence electrons. The van der Waals surface area contributed by atoms with Gasteiger partial charge in [-0.25, -0.2) is 4.79 Å². The highest BCUT2D eigenvalue weighted by atomic mass is 16.4. The molecule has 0 aromatic rings. The van der Waals surface area contributed by atoms with E-state index in [1.165, 1.54) is 0 Å². The number of nitrogens with zero attached hydrogens (tertiary/aromatic N) is 1. The number of carbonyl (C=O) groups excluding carboxylic acids is 1. The molecule has 2 rings (SSSR count). The quantitative estimate of drug-likeness (QED) is 0.509. The summed E-state index contributed by atoms with van der Waals surface area (Å²) in [5.74, 6) is 1.94. The van der Waals surface area contributed by atoms with E-state index in [2.05, 4.69) is 4.90 Å². The normalized spacial score (nSPS) is 20.4. The summed E-state index contributed by atoms with van der Waals surface area (Å²) in [4.78, 5) is 12.9. The van der Waals surface area contributed by atoms with Gasteiger partial charge in [-0.3, -0.25) is 0 Å². The van der Waals surface area contributed by atoms with E-state index in [4.69, 9.17) is 10.0 Å². The summed E-state index contributed by atoms with van der Waals surface area (Å²) in [6, 6.07) is 0. The highest BCUT2D eigenvalue weighted by molar-refractivity contribution is 6.51. The molecule has 0 amide bonds. The van der Waals surface area contributed by atoms with Gasteiger partial charge in [0.2, 0.25) is 0 Å². The lowest BCUT2D eigenvalue weighted by Gasteiger charge is -2.24. The van der Waals surface area contributed by atoms with E-state index in [1.54, 1.807) is 12.2 Å². The van der Waals surface area contributed by atoms with E-state index in [0.717, 1.165) is 31.6 Å². The summed E-state index contributed by atoms with van der Waals surface area (Å²) in [7, 11) is -1.47. The van der Waals surface area contributed by atoms with Gasteiger partial charge in [0.15, 0.2) is 0 Å². The molecule has 1 saturated heterocycles. The fourth-order valence-electron chi connectivity index (χ4n) is 2.14. The predicted octanol–water partition coefficient (Wildman–Crippen LogP) is 0.0662. The molecule has 0 spiro atoms. The van der Waals surface area contributed by atoms with Crippen LogP contribution in [0.3, 0.4) is 0 Å². The Bertz CT molecular complexity index is 388. The van der Waals surface area contributed by atoms with Gasteiger partial charge in [-0.15, -0.1) is 0 Å². The molecule has 4 nitrogen and oxygen atoms in total. The molecule has 1 aliphatic heterocycles. The van der Waals surface area contributed by atoms with Gasteiger partial charge in [-0.2, -0.15) is 0 Å². The van der Waals surface area contributed by atoms with Crippen molar-refractivity contribution >= 4 is 13.1 Å². The maximum atomic E-state index is 10.8. The average molecular weight is 219 g/mol. The Morgan fingerprint density at radius 3 is 2.56 bits per heavy atom. The lowest BCUT2D eigenvalue weighted by molar-refractivity contribution is 0.415. The third kappa shape index (κ3) is 2.12. The lowest BCUT2D eigenvalue weighted by atomic mass is 9.75. The Morgan fingerprint density at radius 2 is 2.00 bits per heavy atom. The minimum absolute atomic E-state index is 0.429. The van der Waals surface area contributed by atoms with E-state index < -0.39 is 7.12 Å². The number of allylic oxidation sites excluding steroid dienone is 4. The topological polar surface area (TPSA) is 60.8 Å². The first-order valence-corrected chi connectivity index (χ1v) is 5.49. The van der Waals surface area contributed by atoms with Crippen molar-refractivity contribution in [1.29, 1.82) is 0 Å². The van der Waals surface area contributed by atoms with Gasteiger partial charge in [-0.1, -0.05) is 6.08 Å². The largest absolute Gasteiger partial charge is 0.488 e. The monoisotopic (exact) mass is 219 g/mol. The summed E-state index contributed by atoms with van der Waals surface area (Å²) < 4.78 is 0. The Balaban J connectivity index is 2.28. The molecule has 5 heteroatoms. The zero-order chi connectivity index (χ0) is 11.5. The Kier molecular flexibility index (Phi) is 3.29. The van der Waals surface area contributed by atoms with E-state index in [-0.39, 0.29) is 0 Å². The van der Waals surface area contributed by atoms with Crippen LogP contribution in [0.1, 0.15) is 19.3 Å². The van der Waals surface area contributed by atoms with Crippen LogP contribution in [0.5, 0.6) is 0 Å². The minimum Gasteiger partial charge on any atom is -0.423 e. The average Bonchev–Trinajstić information content (AvgIpc) is 2.81. The highest BCUT2D eigenvalue weighted by Crippen LogP contribution is 2.27. The number of likely N-dealkylation sites (tertiary alicyclic amines) is 1. The molecule has 1 fully saturated rings. The van der Waals surface area contributed by atoms with Gasteiger partial charge in [0.25, 0.3) is 0 Å². The Morgan fingerprint density at radius 1 is 1.31 bits per heavy atom. The zero-order valence-corrected chi connectivity index (χ0v) is 9.02. The first kappa shape index (κ1) is 11.2. The molecule has 2 N–H and O–H groups in total. The van der Waals surface area contributed by atoms with Crippen molar-refractivity contribution < 1.29 is 14.8 Å². The molecule has 1 aliphatic carbocycles. The maximum Gasteiger partial charge on any atom is 0.488 e. The van der Waals surface area contributed by atoms with Gasteiger partial charge in [0.1, 0.15) is 5.94 Å². The van der Waals surface area contributed by atoms with Crippen molar-refractivity contribution in [2.45, 2.75) is 19.3 Å². The fraction of sp³-hybridized carbons (Fsp3) is 0.455. The molecule has 0 aromatic carbocycles. The number of rotatable bonds is 2. The van der Waals surface area contributed by atoms with E-state index in [0.29, 0.717) is 17.5 Å². The number of hydrogen-bond donors (Lipinski definition) is 2. The molecule has 16 heavy (non-hydrogen) atoms. The summed E-state index contributed by atoms with van der Waals surface area (Å²) in [5.41, 5.74) is 1.87. The van der Waals surface area contributed by atoms with Crippen molar-refractivity contribution in [3.05, 3.63) is 28.9 Å². The summed E-state index contributed by atoms with van der Waals surface area (Å²) in [5, 5.41) is 18.2. The van der Waals surface area contributed by atoms with Crippen LogP contribution in [0.15, 0.2) is 28.9 Å². The van der Waals surface area contributed by atoms with Crippen molar-refractivity contribution in [3.8, 4) is 0 Å². The van der Waals surface area contributed by atoms with Crippen molar-refractivity contribution in [3.63, 3.8) is 0 Å². The van der Waals surface area contributed by atoms with Gasteiger partial charge in [0, 0.05) is 19.5 Å². The van der Waals surface area contributed by atoms with Crippen LogP contribution in [0.2, 0.25) is 0 Å². The first-order valence-electron chi connectivity index (χ1n) is 5.49. The lowest BCUT2D eigenvalue weighted by Crippen LogP contribution is -2.24. The second-order valence-electron chi connectivity index (χ2n) is 4.09. The molecule has 0 unspecified atom stereocenters. The zero-order valence-electron chi connectivity index (χ0n) is 9.02. The molecule has 0 saturated carbocycles. The van der Waals surface area contributed by atoms with Crippen LogP contribution < -0.4 is 0 Å². The smallest absolute Gasteiger partial charge is 0.423 e. The third-order valence-corrected chi connectivity index (χ3v) is 3.02. The maximum absolute atomic E-state index is 10.8. The second-order valence-corrected chi connectivity index (χ2v) is 4.09. The van der Waals surface area contributed by atoms with Crippen molar-refractivity contribution in [2.24, 2.45) is 0 Å². The Labute approximate surface area is 94.7 Å². The molecule has 0 aromatic heterocycles. The van der Waals surface area contributed by atoms with Crippen LogP contribution in [0.25, 0.3) is 0 Å². The van der Waals surface area contributed by atoms with Crippen LogP contribution in [0, 0.1) is 0 Å².